The van der Waals surface area contributed by atoms with Crippen molar-refractivity contribution in [3.63, 3.8) is 0 Å². The number of nitrogens with one attached hydrogen (secondary N) is 1. The van der Waals surface area contributed by atoms with Crippen LogP contribution in [0.5, 0.6) is 0 Å². The van der Waals surface area contributed by atoms with Crippen molar-refractivity contribution in [1.29, 1.82) is 0 Å². The summed E-state index contributed by atoms with van der Waals surface area (Å²) in [5.41, 5.74) is 6.65. The Labute approximate surface area is 111 Å². The van der Waals surface area contributed by atoms with Crippen LogP contribution in [0, 0.1) is 5.92 Å². The SMILES string of the molecule is NC(=NCc1ccc(C(F)F)cc1)NCC1CCC1. The van der Waals surface area contributed by atoms with E-state index in [-0.39, 0.29) is 5.56 Å². The molecule has 0 heterocycles. The summed E-state index contributed by atoms with van der Waals surface area (Å²) >= 11 is 0. The number of halogens is 2. The van der Waals surface area contributed by atoms with Crippen LogP contribution in [-0.4, -0.2) is 12.5 Å². The maximum Gasteiger partial charge on any atom is 0.263 e. The molecule has 0 aliphatic heterocycles. The highest BCUT2D eigenvalue weighted by Gasteiger charge is 2.16. The van der Waals surface area contributed by atoms with Crippen LogP contribution in [0.25, 0.3) is 0 Å². The zero-order valence-corrected chi connectivity index (χ0v) is 10.8. The number of hydrogen-bond donors (Lipinski definition) is 2. The molecule has 19 heavy (non-hydrogen) atoms. The van der Waals surface area contributed by atoms with E-state index in [2.05, 4.69) is 10.3 Å². The topological polar surface area (TPSA) is 50.4 Å². The van der Waals surface area contributed by atoms with Crippen molar-refractivity contribution in [2.24, 2.45) is 16.6 Å². The smallest absolute Gasteiger partial charge is 0.263 e. The summed E-state index contributed by atoms with van der Waals surface area (Å²) in [6, 6.07) is 6.16. The second-order valence-electron chi connectivity index (χ2n) is 4.92. The molecular formula is C14H19F2N3. The summed E-state index contributed by atoms with van der Waals surface area (Å²) in [7, 11) is 0. The van der Waals surface area contributed by atoms with Gasteiger partial charge in [0, 0.05) is 12.1 Å². The second kappa shape index (κ2) is 6.50. The lowest BCUT2D eigenvalue weighted by Gasteiger charge is -2.25. The quantitative estimate of drug-likeness (QED) is 0.636. The van der Waals surface area contributed by atoms with Crippen LogP contribution >= 0.6 is 0 Å². The third kappa shape index (κ3) is 4.19. The summed E-state index contributed by atoms with van der Waals surface area (Å²) in [5.74, 6) is 1.14. The minimum atomic E-state index is -2.42. The molecule has 1 saturated carbocycles. The van der Waals surface area contributed by atoms with Gasteiger partial charge in [-0.15, -0.1) is 0 Å². The van der Waals surface area contributed by atoms with Gasteiger partial charge in [-0.25, -0.2) is 13.8 Å². The van der Waals surface area contributed by atoms with Gasteiger partial charge in [-0.1, -0.05) is 30.7 Å². The van der Waals surface area contributed by atoms with E-state index in [9.17, 15) is 8.78 Å². The summed E-state index contributed by atoms with van der Waals surface area (Å²) in [6.45, 7) is 1.28. The van der Waals surface area contributed by atoms with E-state index in [0.29, 0.717) is 12.5 Å². The van der Waals surface area contributed by atoms with Crippen molar-refractivity contribution in [3.05, 3.63) is 35.4 Å². The fourth-order valence-electron chi connectivity index (χ4n) is 1.95. The minimum Gasteiger partial charge on any atom is -0.370 e. The lowest BCUT2D eigenvalue weighted by Crippen LogP contribution is -2.37. The fraction of sp³-hybridized carbons (Fsp3) is 0.500. The lowest BCUT2D eigenvalue weighted by molar-refractivity contribution is 0.151. The molecule has 0 radical (unpaired) electrons. The first-order chi connectivity index (χ1) is 9.15. The zero-order valence-electron chi connectivity index (χ0n) is 10.8. The van der Waals surface area contributed by atoms with E-state index in [0.717, 1.165) is 18.0 Å². The normalized spacial score (nSPS) is 16.5. The molecule has 0 bridgehead atoms. The molecule has 104 valence electrons. The second-order valence-corrected chi connectivity index (χ2v) is 4.92. The molecular weight excluding hydrogens is 248 g/mol. The van der Waals surface area contributed by atoms with Crippen molar-refractivity contribution in [3.8, 4) is 0 Å². The first kappa shape index (κ1) is 13.8. The van der Waals surface area contributed by atoms with Gasteiger partial charge in [0.2, 0.25) is 0 Å². The summed E-state index contributed by atoms with van der Waals surface area (Å²) < 4.78 is 24.7. The summed E-state index contributed by atoms with van der Waals surface area (Å²) in [5, 5.41) is 3.09. The molecule has 3 N–H and O–H groups in total. The predicted molar refractivity (Wildman–Crippen MR) is 72.1 cm³/mol. The number of nitrogens with two attached hydrogens (primary N) is 1. The van der Waals surface area contributed by atoms with Crippen LogP contribution in [0.3, 0.4) is 0 Å². The Morgan fingerprint density at radius 3 is 2.53 bits per heavy atom. The molecule has 1 aliphatic carbocycles. The van der Waals surface area contributed by atoms with Gasteiger partial charge >= 0.3 is 0 Å². The van der Waals surface area contributed by atoms with Crippen LogP contribution in [0.1, 0.15) is 36.8 Å². The number of guanidine groups is 1. The van der Waals surface area contributed by atoms with Crippen molar-refractivity contribution >= 4 is 5.96 Å². The van der Waals surface area contributed by atoms with Gasteiger partial charge in [0.1, 0.15) is 0 Å². The molecule has 3 nitrogen and oxygen atoms in total. The van der Waals surface area contributed by atoms with E-state index >= 15 is 0 Å². The number of alkyl halides is 2. The van der Waals surface area contributed by atoms with Gasteiger partial charge in [0.25, 0.3) is 6.43 Å². The molecule has 0 atom stereocenters. The van der Waals surface area contributed by atoms with Gasteiger partial charge in [-0.05, 0) is 24.3 Å². The Morgan fingerprint density at radius 2 is 2.00 bits per heavy atom. The third-order valence-corrected chi connectivity index (χ3v) is 3.46. The Bertz CT molecular complexity index is 425. The highest BCUT2D eigenvalue weighted by Crippen LogP contribution is 2.25. The molecule has 1 fully saturated rings. The van der Waals surface area contributed by atoms with Gasteiger partial charge in [0.05, 0.1) is 6.54 Å². The number of benzene rings is 1. The van der Waals surface area contributed by atoms with E-state index in [1.54, 1.807) is 12.1 Å². The van der Waals surface area contributed by atoms with Crippen LogP contribution in [-0.2, 0) is 6.54 Å². The average molecular weight is 267 g/mol. The van der Waals surface area contributed by atoms with Gasteiger partial charge < -0.3 is 11.1 Å². The molecule has 1 aromatic rings. The Hall–Kier alpha value is -1.65. The first-order valence-electron chi connectivity index (χ1n) is 6.56. The molecule has 1 aliphatic rings. The average Bonchev–Trinajstić information content (AvgIpc) is 2.35. The fourth-order valence-corrected chi connectivity index (χ4v) is 1.95. The zero-order chi connectivity index (χ0) is 13.7. The minimum absolute atomic E-state index is 0.0313. The molecule has 2 rings (SSSR count). The molecule has 0 spiro atoms. The van der Waals surface area contributed by atoms with Crippen molar-refractivity contribution in [1.82, 2.24) is 5.32 Å². The lowest BCUT2D eigenvalue weighted by atomic mass is 9.85. The van der Waals surface area contributed by atoms with Crippen LogP contribution in [0.15, 0.2) is 29.3 Å². The highest BCUT2D eigenvalue weighted by molar-refractivity contribution is 5.77. The molecule has 0 unspecified atom stereocenters. The van der Waals surface area contributed by atoms with Crippen LogP contribution in [0.4, 0.5) is 8.78 Å². The molecule has 1 aromatic carbocycles. The Kier molecular flexibility index (Phi) is 4.71. The largest absolute Gasteiger partial charge is 0.370 e. The van der Waals surface area contributed by atoms with E-state index in [1.807, 2.05) is 0 Å². The first-order valence-corrected chi connectivity index (χ1v) is 6.56. The number of nitrogens with zero attached hydrogens (tertiary/aromatic N) is 1. The van der Waals surface area contributed by atoms with Crippen LogP contribution in [0.2, 0.25) is 0 Å². The van der Waals surface area contributed by atoms with Gasteiger partial charge in [-0.2, -0.15) is 0 Å². The maximum atomic E-state index is 12.4. The standard InChI is InChI=1S/C14H19F2N3/c15-13(16)12-6-4-11(5-7-12)9-19-14(17)18-8-10-2-1-3-10/h4-7,10,13H,1-3,8-9H2,(H3,17,18,19). The van der Waals surface area contributed by atoms with Crippen molar-refractivity contribution in [2.45, 2.75) is 32.2 Å². The highest BCUT2D eigenvalue weighted by atomic mass is 19.3. The Morgan fingerprint density at radius 1 is 1.32 bits per heavy atom. The van der Waals surface area contributed by atoms with E-state index < -0.39 is 6.43 Å². The number of rotatable bonds is 5. The third-order valence-electron chi connectivity index (χ3n) is 3.46. The van der Waals surface area contributed by atoms with Crippen molar-refractivity contribution in [2.75, 3.05) is 6.54 Å². The van der Waals surface area contributed by atoms with Gasteiger partial charge in [0.15, 0.2) is 5.96 Å². The molecule has 0 saturated heterocycles. The summed E-state index contributed by atoms with van der Waals surface area (Å²) in [4.78, 5) is 4.20. The van der Waals surface area contributed by atoms with E-state index in [4.69, 9.17) is 5.73 Å². The van der Waals surface area contributed by atoms with Crippen LogP contribution < -0.4 is 11.1 Å². The van der Waals surface area contributed by atoms with Crippen molar-refractivity contribution < 1.29 is 8.78 Å². The molecule has 0 amide bonds. The Balaban J connectivity index is 1.79. The monoisotopic (exact) mass is 267 g/mol. The molecule has 5 heteroatoms. The predicted octanol–water partition coefficient (Wildman–Crippen LogP) is 2.83. The molecule has 0 aromatic heterocycles. The number of aliphatic imine (C=N–C) groups is 1. The summed E-state index contributed by atoms with van der Waals surface area (Å²) in [6.07, 6.45) is 1.40. The van der Waals surface area contributed by atoms with E-state index in [1.165, 1.54) is 31.4 Å². The number of hydrogen-bond acceptors (Lipinski definition) is 1. The van der Waals surface area contributed by atoms with Gasteiger partial charge in [-0.3, -0.25) is 0 Å². The maximum absolute atomic E-state index is 12.4.